The lowest BCUT2D eigenvalue weighted by Crippen LogP contribution is -2.46. The first kappa shape index (κ1) is 11.8. The Morgan fingerprint density at radius 3 is 2.94 bits per heavy atom. The molecular formula is C11H16N4O2. The summed E-state index contributed by atoms with van der Waals surface area (Å²) in [4.78, 5) is 11.6. The van der Waals surface area contributed by atoms with Gasteiger partial charge in [-0.25, -0.2) is 4.79 Å². The van der Waals surface area contributed by atoms with Crippen molar-refractivity contribution in [3.63, 3.8) is 0 Å². The fraction of sp³-hybridized carbons (Fsp3) is 0.545. The predicted octanol–water partition coefficient (Wildman–Crippen LogP) is 0.902. The number of urea groups is 1. The van der Waals surface area contributed by atoms with Gasteiger partial charge in [-0.1, -0.05) is 12.8 Å². The molecule has 2 atom stereocenters. The third-order valence-electron chi connectivity index (χ3n) is 2.86. The topological polar surface area (TPSA) is 87.1 Å². The average Bonchev–Trinajstić information content (AvgIpc) is 2.33. The molecule has 2 unspecified atom stereocenters. The van der Waals surface area contributed by atoms with Crippen molar-refractivity contribution in [2.75, 3.05) is 5.32 Å². The number of amides is 2. The fourth-order valence-electron chi connectivity index (χ4n) is 1.97. The van der Waals surface area contributed by atoms with E-state index in [1.165, 1.54) is 6.20 Å². The van der Waals surface area contributed by atoms with Crippen LogP contribution >= 0.6 is 0 Å². The molecular weight excluding hydrogens is 220 g/mol. The van der Waals surface area contributed by atoms with Crippen LogP contribution < -0.4 is 10.6 Å². The van der Waals surface area contributed by atoms with Gasteiger partial charge in [0.2, 0.25) is 0 Å². The number of rotatable bonds is 2. The zero-order chi connectivity index (χ0) is 12.1. The lowest BCUT2D eigenvalue weighted by atomic mass is 9.93. The quantitative estimate of drug-likeness (QED) is 0.712. The van der Waals surface area contributed by atoms with Crippen LogP contribution in [0.1, 0.15) is 25.7 Å². The van der Waals surface area contributed by atoms with Crippen LogP contribution in [0.5, 0.6) is 0 Å². The summed E-state index contributed by atoms with van der Waals surface area (Å²) >= 11 is 0. The Morgan fingerprint density at radius 1 is 1.41 bits per heavy atom. The van der Waals surface area contributed by atoms with Crippen molar-refractivity contribution in [3.05, 3.63) is 18.3 Å². The highest BCUT2D eigenvalue weighted by Crippen LogP contribution is 2.18. The normalized spacial score (nSPS) is 24.1. The van der Waals surface area contributed by atoms with E-state index in [-0.39, 0.29) is 12.1 Å². The summed E-state index contributed by atoms with van der Waals surface area (Å²) in [6, 6.07) is 2.83. The molecule has 0 bridgehead atoms. The van der Waals surface area contributed by atoms with Gasteiger partial charge in [0.1, 0.15) is 0 Å². The number of carbonyl (C=O) groups is 1. The Morgan fingerprint density at radius 2 is 2.24 bits per heavy atom. The molecule has 6 heteroatoms. The van der Waals surface area contributed by atoms with Crippen LogP contribution in [-0.4, -0.2) is 33.5 Å². The molecule has 92 valence electrons. The lowest BCUT2D eigenvalue weighted by molar-refractivity contribution is 0.0955. The van der Waals surface area contributed by atoms with Gasteiger partial charge < -0.3 is 10.4 Å². The first-order chi connectivity index (χ1) is 8.25. The zero-order valence-electron chi connectivity index (χ0n) is 9.47. The Kier molecular flexibility index (Phi) is 3.87. The van der Waals surface area contributed by atoms with Gasteiger partial charge in [-0.3, -0.25) is 5.32 Å². The lowest BCUT2D eigenvalue weighted by Gasteiger charge is -2.28. The Balaban J connectivity index is 1.84. The third-order valence-corrected chi connectivity index (χ3v) is 2.86. The van der Waals surface area contributed by atoms with E-state index >= 15 is 0 Å². The second kappa shape index (κ2) is 5.58. The van der Waals surface area contributed by atoms with Crippen molar-refractivity contribution in [1.29, 1.82) is 0 Å². The molecule has 0 saturated heterocycles. The van der Waals surface area contributed by atoms with E-state index in [2.05, 4.69) is 20.8 Å². The van der Waals surface area contributed by atoms with E-state index in [9.17, 15) is 9.90 Å². The molecule has 0 aliphatic heterocycles. The minimum Gasteiger partial charge on any atom is -0.391 e. The minimum atomic E-state index is -0.448. The molecule has 6 nitrogen and oxygen atoms in total. The summed E-state index contributed by atoms with van der Waals surface area (Å²) < 4.78 is 0. The van der Waals surface area contributed by atoms with E-state index in [0.717, 1.165) is 25.7 Å². The summed E-state index contributed by atoms with van der Waals surface area (Å²) in [7, 11) is 0. The minimum absolute atomic E-state index is 0.166. The number of aromatic nitrogens is 2. The summed E-state index contributed by atoms with van der Waals surface area (Å²) in [6.45, 7) is 0. The maximum absolute atomic E-state index is 11.6. The Labute approximate surface area is 99.4 Å². The summed E-state index contributed by atoms with van der Waals surface area (Å²) in [5.41, 5.74) is 0. The van der Waals surface area contributed by atoms with Gasteiger partial charge in [0.05, 0.1) is 12.1 Å². The summed E-state index contributed by atoms with van der Waals surface area (Å²) in [5.74, 6) is 0.398. The van der Waals surface area contributed by atoms with Gasteiger partial charge in [0.15, 0.2) is 5.82 Å². The first-order valence-electron chi connectivity index (χ1n) is 5.79. The van der Waals surface area contributed by atoms with E-state index in [4.69, 9.17) is 0 Å². The molecule has 0 radical (unpaired) electrons. The molecule has 2 rings (SSSR count). The molecule has 1 aromatic rings. The first-order valence-corrected chi connectivity index (χ1v) is 5.79. The van der Waals surface area contributed by atoms with E-state index in [1.54, 1.807) is 12.1 Å². The Hall–Kier alpha value is -1.69. The standard InChI is InChI=1S/C11H16N4O2/c16-9-5-2-1-4-8(9)13-11(17)14-10-6-3-7-12-15-10/h3,6-9,16H,1-2,4-5H2,(H2,13,14,15,17). The number of hydrogen-bond acceptors (Lipinski definition) is 4. The molecule has 1 aromatic heterocycles. The van der Waals surface area contributed by atoms with Gasteiger partial charge >= 0.3 is 6.03 Å². The van der Waals surface area contributed by atoms with Crippen LogP contribution in [0, 0.1) is 0 Å². The molecule has 1 aliphatic rings. The largest absolute Gasteiger partial charge is 0.391 e. The van der Waals surface area contributed by atoms with Crippen molar-refractivity contribution in [2.45, 2.75) is 37.8 Å². The van der Waals surface area contributed by atoms with E-state index in [1.807, 2.05) is 0 Å². The predicted molar refractivity (Wildman–Crippen MR) is 62.4 cm³/mol. The van der Waals surface area contributed by atoms with Crippen LogP contribution in [-0.2, 0) is 0 Å². The second-order valence-corrected chi connectivity index (χ2v) is 4.17. The fourth-order valence-corrected chi connectivity index (χ4v) is 1.97. The number of nitrogens with one attached hydrogen (secondary N) is 2. The maximum atomic E-state index is 11.6. The highest BCUT2D eigenvalue weighted by Gasteiger charge is 2.24. The maximum Gasteiger partial charge on any atom is 0.320 e. The number of nitrogens with zero attached hydrogens (tertiary/aromatic N) is 2. The monoisotopic (exact) mass is 236 g/mol. The highest BCUT2D eigenvalue weighted by atomic mass is 16.3. The third kappa shape index (κ3) is 3.39. The molecule has 17 heavy (non-hydrogen) atoms. The highest BCUT2D eigenvalue weighted by molar-refractivity contribution is 5.88. The van der Waals surface area contributed by atoms with Gasteiger partial charge in [0.25, 0.3) is 0 Å². The summed E-state index contributed by atoms with van der Waals surface area (Å²) in [6.07, 6.45) is 4.70. The molecule has 0 aromatic carbocycles. The van der Waals surface area contributed by atoms with Gasteiger partial charge in [-0.05, 0) is 25.0 Å². The van der Waals surface area contributed by atoms with Crippen LogP contribution in [0.2, 0.25) is 0 Å². The Bertz CT molecular complexity index is 371. The second-order valence-electron chi connectivity index (χ2n) is 4.17. The zero-order valence-corrected chi connectivity index (χ0v) is 9.47. The van der Waals surface area contributed by atoms with Crippen molar-refractivity contribution < 1.29 is 9.90 Å². The van der Waals surface area contributed by atoms with Gasteiger partial charge in [-0.2, -0.15) is 5.10 Å². The SMILES string of the molecule is O=C(Nc1cccnn1)NC1CCCCC1O. The molecule has 0 spiro atoms. The molecule has 1 saturated carbocycles. The van der Waals surface area contributed by atoms with Crippen LogP contribution in [0.25, 0.3) is 0 Å². The molecule has 2 amide bonds. The number of aliphatic hydroxyl groups is 1. The number of aliphatic hydroxyl groups excluding tert-OH is 1. The van der Waals surface area contributed by atoms with E-state index < -0.39 is 6.10 Å². The van der Waals surface area contributed by atoms with Crippen molar-refractivity contribution in [3.8, 4) is 0 Å². The average molecular weight is 236 g/mol. The summed E-state index contributed by atoms with van der Waals surface area (Å²) in [5, 5.41) is 22.4. The van der Waals surface area contributed by atoms with Crippen molar-refractivity contribution in [1.82, 2.24) is 15.5 Å². The van der Waals surface area contributed by atoms with Gasteiger partial charge in [0, 0.05) is 6.20 Å². The molecule has 3 N–H and O–H groups in total. The van der Waals surface area contributed by atoms with Gasteiger partial charge in [-0.15, -0.1) is 5.10 Å². The molecule has 1 heterocycles. The number of hydrogen-bond donors (Lipinski definition) is 3. The molecule has 1 fully saturated rings. The molecule has 1 aliphatic carbocycles. The van der Waals surface area contributed by atoms with Crippen LogP contribution in [0.3, 0.4) is 0 Å². The van der Waals surface area contributed by atoms with Crippen LogP contribution in [0.4, 0.5) is 10.6 Å². The van der Waals surface area contributed by atoms with Crippen molar-refractivity contribution >= 4 is 11.8 Å². The van der Waals surface area contributed by atoms with Crippen LogP contribution in [0.15, 0.2) is 18.3 Å². The number of carbonyl (C=O) groups excluding carboxylic acids is 1. The van der Waals surface area contributed by atoms with E-state index in [0.29, 0.717) is 5.82 Å². The number of anilines is 1. The smallest absolute Gasteiger partial charge is 0.320 e. The van der Waals surface area contributed by atoms with Crippen molar-refractivity contribution in [2.24, 2.45) is 0 Å².